The van der Waals surface area contributed by atoms with Gasteiger partial charge in [-0.25, -0.2) is 0 Å². The molecule has 0 aliphatic heterocycles. The second-order valence-electron chi connectivity index (χ2n) is 7.20. The molecule has 0 aliphatic rings. The first-order valence-electron chi connectivity index (χ1n) is 10.1. The van der Waals surface area contributed by atoms with Gasteiger partial charge in [0.25, 0.3) is 0 Å². The number of hydrogen-bond acceptors (Lipinski definition) is 4. The zero-order valence-corrected chi connectivity index (χ0v) is 17.1. The molecule has 0 spiro atoms. The van der Waals surface area contributed by atoms with Gasteiger partial charge < -0.3 is 19.5 Å². The number of hydrogen-bond donors (Lipinski definition) is 1. The number of rotatable bonds is 11. The molecule has 0 aromatic heterocycles. The van der Waals surface area contributed by atoms with Crippen LogP contribution in [-0.2, 0) is 6.54 Å². The van der Waals surface area contributed by atoms with E-state index >= 15 is 0 Å². The molecule has 29 heavy (non-hydrogen) atoms. The highest BCUT2D eigenvalue weighted by molar-refractivity contribution is 5.49. The highest BCUT2D eigenvalue weighted by Crippen LogP contribution is 2.22. The molecular weight excluding hydrogens is 362 g/mol. The van der Waals surface area contributed by atoms with Crippen LogP contribution < -0.4 is 19.5 Å². The predicted molar refractivity (Wildman–Crippen MR) is 118 cm³/mol. The van der Waals surface area contributed by atoms with Gasteiger partial charge in [-0.05, 0) is 36.2 Å². The molecular formula is C25H29NO3. The van der Waals surface area contributed by atoms with E-state index < -0.39 is 0 Å². The summed E-state index contributed by atoms with van der Waals surface area (Å²) in [6, 6.07) is 25.9. The maximum Gasteiger partial charge on any atom is 0.124 e. The van der Waals surface area contributed by atoms with Crippen LogP contribution in [0.4, 0.5) is 5.69 Å². The lowest BCUT2D eigenvalue weighted by atomic mass is 10.2. The molecule has 152 valence electrons. The van der Waals surface area contributed by atoms with Gasteiger partial charge in [-0.2, -0.15) is 0 Å². The van der Waals surface area contributed by atoms with Crippen LogP contribution in [0.5, 0.6) is 17.2 Å². The average Bonchev–Trinajstić information content (AvgIpc) is 2.75. The largest absolute Gasteiger partial charge is 0.493 e. The molecule has 4 nitrogen and oxygen atoms in total. The van der Waals surface area contributed by atoms with Crippen molar-refractivity contribution in [1.29, 1.82) is 0 Å². The summed E-state index contributed by atoms with van der Waals surface area (Å²) in [5.74, 6) is 3.09. The summed E-state index contributed by atoms with van der Waals surface area (Å²) in [7, 11) is 0. The van der Waals surface area contributed by atoms with Crippen molar-refractivity contribution < 1.29 is 14.2 Å². The number of ether oxygens (including phenoxy) is 3. The molecule has 0 radical (unpaired) electrons. The van der Waals surface area contributed by atoms with E-state index in [4.69, 9.17) is 14.2 Å². The highest BCUT2D eigenvalue weighted by Gasteiger charge is 2.05. The topological polar surface area (TPSA) is 39.7 Å². The second-order valence-corrected chi connectivity index (χ2v) is 7.20. The van der Waals surface area contributed by atoms with Crippen LogP contribution in [0.25, 0.3) is 0 Å². The van der Waals surface area contributed by atoms with E-state index in [9.17, 15) is 0 Å². The lowest BCUT2D eigenvalue weighted by molar-refractivity contribution is 0.217. The molecule has 0 saturated carbocycles. The van der Waals surface area contributed by atoms with E-state index in [0.717, 1.165) is 28.5 Å². The Bertz CT molecular complexity index is 865. The van der Waals surface area contributed by atoms with Crippen LogP contribution >= 0.6 is 0 Å². The molecule has 0 heterocycles. The first-order valence-corrected chi connectivity index (χ1v) is 10.1. The second kappa shape index (κ2) is 11.0. The maximum atomic E-state index is 5.93. The van der Waals surface area contributed by atoms with E-state index in [-0.39, 0.29) is 0 Å². The summed E-state index contributed by atoms with van der Waals surface area (Å²) >= 11 is 0. The molecule has 0 aliphatic carbocycles. The number of para-hydroxylation sites is 2. The molecule has 0 amide bonds. The Morgan fingerprint density at radius 1 is 0.724 bits per heavy atom. The zero-order valence-electron chi connectivity index (χ0n) is 17.1. The monoisotopic (exact) mass is 391 g/mol. The van der Waals surface area contributed by atoms with Crippen LogP contribution in [0.3, 0.4) is 0 Å². The summed E-state index contributed by atoms with van der Waals surface area (Å²) in [4.78, 5) is 0. The van der Waals surface area contributed by atoms with Gasteiger partial charge in [0.05, 0.1) is 6.61 Å². The van der Waals surface area contributed by atoms with Crippen molar-refractivity contribution in [2.45, 2.75) is 20.4 Å². The molecule has 0 unspecified atom stereocenters. The molecule has 1 N–H and O–H groups in total. The van der Waals surface area contributed by atoms with Crippen LogP contribution in [0.1, 0.15) is 19.4 Å². The van der Waals surface area contributed by atoms with Crippen molar-refractivity contribution in [1.82, 2.24) is 0 Å². The van der Waals surface area contributed by atoms with Gasteiger partial charge in [-0.15, -0.1) is 0 Å². The van der Waals surface area contributed by atoms with Crippen LogP contribution in [-0.4, -0.2) is 19.8 Å². The molecule has 0 saturated heterocycles. The minimum Gasteiger partial charge on any atom is -0.493 e. The predicted octanol–water partition coefficient (Wildman–Crippen LogP) is 5.79. The molecule has 0 fully saturated rings. The third kappa shape index (κ3) is 7.07. The standard InChI is InChI=1S/C25H29NO3/c1-20(2)19-29-25-14-7-6-9-21(25)18-26-22-10-8-13-24(17-22)28-16-15-27-23-11-4-3-5-12-23/h3-14,17,20,26H,15-16,18-19H2,1-2H3. The minimum absolute atomic E-state index is 0.490. The third-order valence-corrected chi connectivity index (χ3v) is 4.23. The minimum atomic E-state index is 0.490. The van der Waals surface area contributed by atoms with E-state index in [2.05, 4.69) is 25.2 Å². The Balaban J connectivity index is 1.49. The van der Waals surface area contributed by atoms with Gasteiger partial charge in [0.1, 0.15) is 30.5 Å². The molecule has 4 heteroatoms. The summed E-state index contributed by atoms with van der Waals surface area (Å²) < 4.78 is 17.4. The molecule has 3 aromatic rings. The lowest BCUT2D eigenvalue weighted by Crippen LogP contribution is -2.09. The van der Waals surface area contributed by atoms with E-state index in [1.165, 1.54) is 0 Å². The summed E-state index contributed by atoms with van der Waals surface area (Å²) in [6.45, 7) is 6.70. The molecule has 3 rings (SSSR count). The van der Waals surface area contributed by atoms with Gasteiger partial charge >= 0.3 is 0 Å². The first kappa shape index (κ1) is 20.6. The van der Waals surface area contributed by atoms with E-state index in [1.54, 1.807) is 0 Å². The van der Waals surface area contributed by atoms with E-state index in [1.807, 2.05) is 72.8 Å². The van der Waals surface area contributed by atoms with Crippen molar-refractivity contribution in [3.05, 3.63) is 84.4 Å². The van der Waals surface area contributed by atoms with Gasteiger partial charge in [0.15, 0.2) is 0 Å². The smallest absolute Gasteiger partial charge is 0.124 e. The van der Waals surface area contributed by atoms with Gasteiger partial charge in [0, 0.05) is 23.9 Å². The Morgan fingerprint density at radius 3 is 2.21 bits per heavy atom. The Kier molecular flexibility index (Phi) is 7.81. The molecule has 0 bridgehead atoms. The number of benzene rings is 3. The van der Waals surface area contributed by atoms with Gasteiger partial charge in [-0.1, -0.05) is 56.3 Å². The third-order valence-electron chi connectivity index (χ3n) is 4.23. The van der Waals surface area contributed by atoms with Crippen molar-refractivity contribution >= 4 is 5.69 Å². The molecule has 0 atom stereocenters. The fourth-order valence-electron chi connectivity index (χ4n) is 2.78. The van der Waals surface area contributed by atoms with Crippen molar-refractivity contribution in [2.75, 3.05) is 25.1 Å². The number of anilines is 1. The van der Waals surface area contributed by atoms with Crippen LogP contribution in [0, 0.1) is 5.92 Å². The zero-order chi connectivity index (χ0) is 20.3. The van der Waals surface area contributed by atoms with Crippen LogP contribution in [0.2, 0.25) is 0 Å². The maximum absolute atomic E-state index is 5.93. The normalized spacial score (nSPS) is 10.6. The fraction of sp³-hybridized carbons (Fsp3) is 0.280. The lowest BCUT2D eigenvalue weighted by Gasteiger charge is -2.14. The first-order chi connectivity index (χ1) is 14.2. The molecule has 3 aromatic carbocycles. The van der Waals surface area contributed by atoms with Crippen LogP contribution in [0.15, 0.2) is 78.9 Å². The van der Waals surface area contributed by atoms with Crippen molar-refractivity contribution in [2.24, 2.45) is 5.92 Å². The summed E-state index contributed by atoms with van der Waals surface area (Å²) in [6.07, 6.45) is 0. The summed E-state index contributed by atoms with van der Waals surface area (Å²) in [5, 5.41) is 3.45. The van der Waals surface area contributed by atoms with E-state index in [0.29, 0.717) is 32.3 Å². The Morgan fingerprint density at radius 2 is 1.41 bits per heavy atom. The fourth-order valence-corrected chi connectivity index (χ4v) is 2.78. The van der Waals surface area contributed by atoms with Gasteiger partial charge in [0.2, 0.25) is 0 Å². The van der Waals surface area contributed by atoms with Crippen molar-refractivity contribution in [3.63, 3.8) is 0 Å². The SMILES string of the molecule is CC(C)COc1ccccc1CNc1cccc(OCCOc2ccccc2)c1. The van der Waals surface area contributed by atoms with Gasteiger partial charge in [-0.3, -0.25) is 0 Å². The Labute approximate surface area is 173 Å². The average molecular weight is 392 g/mol. The Hall–Kier alpha value is -3.14. The van der Waals surface area contributed by atoms with Crippen molar-refractivity contribution in [3.8, 4) is 17.2 Å². The quantitative estimate of drug-likeness (QED) is 0.420. The summed E-state index contributed by atoms with van der Waals surface area (Å²) in [5.41, 5.74) is 2.14. The number of nitrogens with one attached hydrogen (secondary N) is 1. The highest BCUT2D eigenvalue weighted by atomic mass is 16.5.